The Hall–Kier alpha value is -2.05. The summed E-state index contributed by atoms with van der Waals surface area (Å²) in [6.45, 7) is 0. The fourth-order valence-corrected chi connectivity index (χ4v) is 5.77. The third-order valence-electron chi connectivity index (χ3n) is 6.90. The highest BCUT2D eigenvalue weighted by Crippen LogP contribution is 2.44. The molecule has 1 saturated carbocycles. The van der Waals surface area contributed by atoms with Crippen LogP contribution in [0, 0.1) is 0 Å². The zero-order valence-corrected chi connectivity index (χ0v) is 21.8. The van der Waals surface area contributed by atoms with Crippen molar-refractivity contribution in [3.63, 3.8) is 0 Å². The van der Waals surface area contributed by atoms with E-state index in [0.717, 1.165) is 52.3 Å². The van der Waals surface area contributed by atoms with E-state index in [-0.39, 0.29) is 18.1 Å². The first kappa shape index (κ1) is 22.7. The average Bonchev–Trinajstić information content (AvgIpc) is 3.23. The van der Waals surface area contributed by atoms with Crippen molar-refractivity contribution in [2.24, 2.45) is 0 Å². The smallest absolute Gasteiger partial charge is 0.334 e. The van der Waals surface area contributed by atoms with E-state index in [1.54, 1.807) is 0 Å². The number of urea groups is 1. The van der Waals surface area contributed by atoms with Crippen LogP contribution in [-0.2, 0) is 0 Å². The van der Waals surface area contributed by atoms with E-state index in [0.29, 0.717) is 0 Å². The molecule has 0 spiro atoms. The molecule has 0 unspecified atom stereocenters. The molecule has 2 N–H and O–H groups in total. The summed E-state index contributed by atoms with van der Waals surface area (Å²) >= 11 is 7.07. The molecule has 0 bridgehead atoms. The number of hydrazine groups is 1. The number of allylic oxidation sites excluding steroid dienone is 1. The van der Waals surface area contributed by atoms with Gasteiger partial charge in [0.1, 0.15) is 6.04 Å². The minimum Gasteiger partial charge on any atom is -0.334 e. The molecule has 2 aliphatic carbocycles. The molecule has 0 saturated heterocycles. The highest BCUT2D eigenvalue weighted by atomic mass is 79.9. The quantitative estimate of drug-likeness (QED) is 0.398. The van der Waals surface area contributed by atoms with E-state index >= 15 is 0 Å². The Kier molecular flexibility index (Phi) is 6.93. The number of hydrogen-bond donors (Lipinski definition) is 2. The van der Waals surface area contributed by atoms with Gasteiger partial charge in [-0.3, -0.25) is 5.43 Å². The van der Waals surface area contributed by atoms with Crippen LogP contribution in [0.2, 0.25) is 0 Å². The first-order valence-corrected chi connectivity index (χ1v) is 13.5. The van der Waals surface area contributed by atoms with E-state index in [1.165, 1.54) is 36.0 Å². The summed E-state index contributed by atoms with van der Waals surface area (Å²) in [5.74, 6) is 0. The van der Waals surface area contributed by atoms with Gasteiger partial charge in [0.15, 0.2) is 0 Å². The first-order valence-electron chi connectivity index (χ1n) is 11.9. The Labute approximate surface area is 212 Å². The van der Waals surface area contributed by atoms with E-state index in [9.17, 15) is 4.79 Å². The fraction of sp³-hybridized carbons (Fsp3) is 0.370. The Balaban J connectivity index is 1.48. The Morgan fingerprint density at radius 2 is 1.58 bits per heavy atom. The van der Waals surface area contributed by atoms with Gasteiger partial charge in [0, 0.05) is 15.0 Å². The predicted molar refractivity (Wildman–Crippen MR) is 140 cm³/mol. The highest BCUT2D eigenvalue weighted by Gasteiger charge is 2.39. The van der Waals surface area contributed by atoms with Gasteiger partial charge in [0.05, 0.1) is 5.70 Å². The summed E-state index contributed by atoms with van der Waals surface area (Å²) in [6, 6.07) is 16.9. The van der Waals surface area contributed by atoms with Crippen LogP contribution in [0.25, 0.3) is 6.08 Å². The summed E-state index contributed by atoms with van der Waals surface area (Å²) < 4.78 is 2.12. The monoisotopic (exact) mass is 569 g/mol. The fourth-order valence-electron chi connectivity index (χ4n) is 5.24. The molecule has 0 radical (unpaired) electrons. The van der Waals surface area contributed by atoms with Crippen molar-refractivity contribution in [3.8, 4) is 0 Å². The van der Waals surface area contributed by atoms with Gasteiger partial charge in [0.25, 0.3) is 0 Å². The zero-order valence-electron chi connectivity index (χ0n) is 18.6. The third-order valence-corrected chi connectivity index (χ3v) is 7.96. The first-order chi connectivity index (χ1) is 16.1. The van der Waals surface area contributed by atoms with Crippen molar-refractivity contribution < 1.29 is 4.79 Å². The molecule has 5 rings (SSSR count). The Bertz CT molecular complexity index is 1070. The topological polar surface area (TPSA) is 44.4 Å². The molecular formula is C27H29Br2N3O. The molecule has 1 atom stereocenters. The maximum atomic E-state index is 13.5. The maximum absolute atomic E-state index is 13.5. The van der Waals surface area contributed by atoms with Gasteiger partial charge in [-0.1, -0.05) is 75.4 Å². The van der Waals surface area contributed by atoms with Gasteiger partial charge < -0.3 is 5.32 Å². The summed E-state index contributed by atoms with van der Waals surface area (Å²) in [5.41, 5.74) is 9.56. The van der Waals surface area contributed by atoms with Gasteiger partial charge in [-0.25, -0.2) is 9.80 Å². The van der Waals surface area contributed by atoms with E-state index in [4.69, 9.17) is 0 Å². The van der Waals surface area contributed by atoms with Crippen LogP contribution in [0.3, 0.4) is 0 Å². The minimum atomic E-state index is -0.0923. The second-order valence-electron chi connectivity index (χ2n) is 9.20. The van der Waals surface area contributed by atoms with E-state index < -0.39 is 0 Å². The van der Waals surface area contributed by atoms with Gasteiger partial charge in [-0.05, 0) is 84.7 Å². The molecule has 0 aromatic heterocycles. The summed E-state index contributed by atoms with van der Waals surface area (Å²) in [7, 11) is 0. The lowest BCUT2D eigenvalue weighted by Gasteiger charge is -2.30. The van der Waals surface area contributed by atoms with Crippen LogP contribution in [0.1, 0.15) is 68.5 Å². The molecule has 2 aromatic carbocycles. The van der Waals surface area contributed by atoms with Gasteiger partial charge >= 0.3 is 6.03 Å². The third kappa shape index (κ3) is 5.07. The van der Waals surface area contributed by atoms with Crippen LogP contribution < -0.4 is 10.7 Å². The highest BCUT2D eigenvalue weighted by molar-refractivity contribution is 9.10. The normalized spacial score (nSPS) is 22.3. The van der Waals surface area contributed by atoms with Crippen molar-refractivity contribution in [2.45, 2.75) is 63.5 Å². The second kappa shape index (κ2) is 10.1. The lowest BCUT2D eigenvalue weighted by Crippen LogP contribution is -2.49. The zero-order chi connectivity index (χ0) is 22.8. The molecule has 3 aliphatic rings. The number of hydrogen-bond acceptors (Lipinski definition) is 2. The van der Waals surface area contributed by atoms with Crippen LogP contribution in [0.5, 0.6) is 0 Å². The SMILES string of the molecule is O=C(NC1CCCCC1)N1NC2=C(CCC/C2=C/c2ccc(Br)cc2)[C@H]1c1ccc(Br)cc1. The lowest BCUT2D eigenvalue weighted by molar-refractivity contribution is 0.164. The average molecular weight is 571 g/mol. The molecule has 1 heterocycles. The summed E-state index contributed by atoms with van der Waals surface area (Å²) in [6.07, 6.45) is 11.2. The van der Waals surface area contributed by atoms with Crippen molar-refractivity contribution in [1.82, 2.24) is 15.8 Å². The molecule has 172 valence electrons. The predicted octanol–water partition coefficient (Wildman–Crippen LogP) is 7.64. The molecule has 6 heteroatoms. The van der Waals surface area contributed by atoms with Crippen molar-refractivity contribution in [3.05, 3.63) is 85.4 Å². The number of halogens is 2. The van der Waals surface area contributed by atoms with Crippen LogP contribution in [-0.4, -0.2) is 17.1 Å². The maximum Gasteiger partial charge on any atom is 0.337 e. The van der Waals surface area contributed by atoms with Crippen molar-refractivity contribution in [1.29, 1.82) is 0 Å². The Morgan fingerprint density at radius 1 is 0.909 bits per heavy atom. The second-order valence-corrected chi connectivity index (χ2v) is 11.0. The number of nitrogens with zero attached hydrogens (tertiary/aromatic N) is 1. The molecule has 2 aromatic rings. The molecule has 1 aliphatic heterocycles. The van der Waals surface area contributed by atoms with E-state index in [2.05, 4.69) is 97.2 Å². The molecule has 33 heavy (non-hydrogen) atoms. The lowest BCUT2D eigenvalue weighted by atomic mass is 9.86. The number of amides is 2. The number of nitrogens with one attached hydrogen (secondary N) is 2. The van der Waals surface area contributed by atoms with Gasteiger partial charge in [0.2, 0.25) is 0 Å². The number of carbonyl (C=O) groups excluding carboxylic acids is 1. The van der Waals surface area contributed by atoms with E-state index in [1.807, 2.05) is 5.01 Å². The standard InChI is InChI=1S/C27H29Br2N3O/c28-21-13-9-18(10-14-21)17-20-5-4-8-24-25(20)31-32(26(24)19-11-15-22(29)16-12-19)27(33)30-23-6-2-1-3-7-23/h9-17,23,26,31H,1-8H2,(H,30,33)/b20-17-/t26-/m1/s1. The van der Waals surface area contributed by atoms with Gasteiger partial charge in [-0.2, -0.15) is 0 Å². The van der Waals surface area contributed by atoms with Gasteiger partial charge in [-0.15, -0.1) is 0 Å². The molecule has 1 fully saturated rings. The van der Waals surface area contributed by atoms with Crippen molar-refractivity contribution >= 4 is 44.0 Å². The largest absolute Gasteiger partial charge is 0.337 e. The summed E-state index contributed by atoms with van der Waals surface area (Å²) in [4.78, 5) is 13.5. The number of benzene rings is 2. The van der Waals surface area contributed by atoms with Crippen LogP contribution >= 0.6 is 31.9 Å². The van der Waals surface area contributed by atoms with Crippen LogP contribution in [0.15, 0.2) is 74.3 Å². The molecule has 2 amide bonds. The minimum absolute atomic E-state index is 0.0211. The molecule has 4 nitrogen and oxygen atoms in total. The summed E-state index contributed by atoms with van der Waals surface area (Å²) in [5, 5.41) is 5.15. The van der Waals surface area contributed by atoms with Crippen molar-refractivity contribution in [2.75, 3.05) is 0 Å². The number of rotatable bonds is 3. The Morgan fingerprint density at radius 3 is 2.27 bits per heavy atom. The van der Waals surface area contributed by atoms with Crippen LogP contribution in [0.4, 0.5) is 4.79 Å². The number of carbonyl (C=O) groups is 1. The molecular weight excluding hydrogens is 542 g/mol.